The Morgan fingerprint density at radius 2 is 2.16 bits per heavy atom. The second kappa shape index (κ2) is 6.77. The van der Waals surface area contributed by atoms with Crippen LogP contribution in [0, 0.1) is 12.7 Å². The zero-order chi connectivity index (χ0) is 16.8. The van der Waals surface area contributed by atoms with Crippen LogP contribution in [0.2, 0.25) is 0 Å². The van der Waals surface area contributed by atoms with Crippen molar-refractivity contribution in [2.75, 3.05) is 13.1 Å². The van der Waals surface area contributed by atoms with Crippen LogP contribution in [0.25, 0.3) is 5.69 Å². The van der Waals surface area contributed by atoms with Crippen LogP contribution in [0.5, 0.6) is 0 Å². The van der Waals surface area contributed by atoms with Crippen LogP contribution in [-0.4, -0.2) is 39.7 Å². The molecule has 2 heterocycles. The van der Waals surface area contributed by atoms with Crippen molar-refractivity contribution < 1.29 is 9.18 Å². The molecule has 1 aliphatic carbocycles. The highest BCUT2D eigenvalue weighted by molar-refractivity contribution is 5.94. The Hall–Kier alpha value is -1.92. The van der Waals surface area contributed by atoms with Crippen LogP contribution in [0.15, 0.2) is 18.2 Å². The summed E-state index contributed by atoms with van der Waals surface area (Å²) in [4.78, 5) is 14.6. The van der Waals surface area contributed by atoms with E-state index in [2.05, 4.69) is 5.10 Å². The molecule has 1 aliphatic heterocycles. The maximum absolute atomic E-state index is 14.4. The van der Waals surface area contributed by atoms with Gasteiger partial charge in [-0.3, -0.25) is 4.79 Å². The first kappa shape index (κ1) is 17.9. The first-order valence-corrected chi connectivity index (χ1v) is 8.46. The number of nitrogens with zero attached hydrogens (tertiary/aromatic N) is 3. The Kier molecular flexibility index (Phi) is 4.84. The molecule has 0 radical (unpaired) electrons. The first-order chi connectivity index (χ1) is 11.5. The third kappa shape index (κ3) is 3.04. The Morgan fingerprint density at radius 3 is 2.84 bits per heavy atom. The molecule has 1 aromatic heterocycles. The van der Waals surface area contributed by atoms with Crippen molar-refractivity contribution in [2.45, 2.75) is 38.6 Å². The van der Waals surface area contributed by atoms with E-state index in [-0.39, 0.29) is 30.2 Å². The highest BCUT2D eigenvalue weighted by Crippen LogP contribution is 2.30. The van der Waals surface area contributed by atoms with Gasteiger partial charge in [0.05, 0.1) is 0 Å². The van der Waals surface area contributed by atoms with E-state index in [1.165, 1.54) is 6.07 Å². The number of amides is 1. The summed E-state index contributed by atoms with van der Waals surface area (Å²) in [5.74, 6) is -0.387. The molecule has 1 aromatic carbocycles. The lowest BCUT2D eigenvalue weighted by Crippen LogP contribution is -2.32. The van der Waals surface area contributed by atoms with Gasteiger partial charge in [-0.05, 0) is 50.3 Å². The molecule has 2 aromatic rings. The molecule has 0 unspecified atom stereocenters. The predicted molar refractivity (Wildman–Crippen MR) is 96.0 cm³/mol. The third-order valence-electron chi connectivity index (χ3n) is 4.98. The summed E-state index contributed by atoms with van der Waals surface area (Å²) in [6.45, 7) is 3.09. The van der Waals surface area contributed by atoms with Gasteiger partial charge < -0.3 is 10.6 Å². The molecule has 0 saturated carbocycles. The zero-order valence-electron chi connectivity index (χ0n) is 14.2. The van der Waals surface area contributed by atoms with E-state index < -0.39 is 0 Å². The zero-order valence-corrected chi connectivity index (χ0v) is 15.0. The Balaban J connectivity index is 0.00000182. The van der Waals surface area contributed by atoms with Gasteiger partial charge in [0.25, 0.3) is 5.91 Å². The summed E-state index contributed by atoms with van der Waals surface area (Å²) in [5.41, 5.74) is 9.60. The van der Waals surface area contributed by atoms with Gasteiger partial charge >= 0.3 is 0 Å². The van der Waals surface area contributed by atoms with Crippen molar-refractivity contribution in [3.05, 3.63) is 46.5 Å². The minimum atomic E-state index is -0.311. The molecule has 4 rings (SSSR count). The topological polar surface area (TPSA) is 64.2 Å². The Labute approximate surface area is 152 Å². The van der Waals surface area contributed by atoms with E-state index in [9.17, 15) is 9.18 Å². The highest BCUT2D eigenvalue weighted by atomic mass is 35.5. The van der Waals surface area contributed by atoms with Crippen LogP contribution < -0.4 is 5.73 Å². The van der Waals surface area contributed by atoms with Crippen molar-refractivity contribution in [1.29, 1.82) is 0 Å². The quantitative estimate of drug-likeness (QED) is 0.890. The summed E-state index contributed by atoms with van der Waals surface area (Å²) in [6.07, 6.45) is 3.44. The maximum atomic E-state index is 14.4. The standard InChI is InChI=1S/C18H21FN4O.ClH/c1-11-5-6-16(14(19)9-11)23-15-4-2-3-13(15)17(21-23)18(24)22-8-7-12(20)10-22;/h5-6,9,12H,2-4,7-8,10,20H2,1H3;1H/t12-;/m1./s1. The molecule has 134 valence electrons. The fraction of sp³-hybridized carbons (Fsp3) is 0.444. The Morgan fingerprint density at radius 1 is 1.36 bits per heavy atom. The van der Waals surface area contributed by atoms with Crippen LogP contribution in [0.1, 0.15) is 40.2 Å². The number of hydrogen-bond acceptors (Lipinski definition) is 3. The van der Waals surface area contributed by atoms with Gasteiger partial charge in [-0.25, -0.2) is 9.07 Å². The molecule has 1 saturated heterocycles. The van der Waals surface area contributed by atoms with Crippen LogP contribution in [-0.2, 0) is 12.8 Å². The lowest BCUT2D eigenvalue weighted by molar-refractivity contribution is 0.0783. The van der Waals surface area contributed by atoms with E-state index in [4.69, 9.17) is 5.73 Å². The first-order valence-electron chi connectivity index (χ1n) is 8.46. The number of carbonyl (C=O) groups excluding carboxylic acids is 1. The largest absolute Gasteiger partial charge is 0.336 e. The van der Waals surface area contributed by atoms with Crippen LogP contribution in [0.3, 0.4) is 0 Å². The summed E-state index contributed by atoms with van der Waals surface area (Å²) in [5, 5.41) is 4.51. The van der Waals surface area contributed by atoms with E-state index in [0.29, 0.717) is 24.5 Å². The Bertz CT molecular complexity index is 820. The van der Waals surface area contributed by atoms with E-state index in [1.807, 2.05) is 13.0 Å². The van der Waals surface area contributed by atoms with Gasteiger partial charge in [0, 0.05) is 30.4 Å². The second-order valence-corrected chi connectivity index (χ2v) is 6.79. The summed E-state index contributed by atoms with van der Waals surface area (Å²) in [7, 11) is 0. The second-order valence-electron chi connectivity index (χ2n) is 6.79. The highest BCUT2D eigenvalue weighted by Gasteiger charge is 2.32. The van der Waals surface area contributed by atoms with E-state index in [1.54, 1.807) is 15.6 Å². The fourth-order valence-corrected chi connectivity index (χ4v) is 3.71. The third-order valence-corrected chi connectivity index (χ3v) is 4.98. The predicted octanol–water partition coefficient (Wildman–Crippen LogP) is 2.40. The molecule has 0 spiro atoms. The number of aryl methyl sites for hydroxylation is 1. The van der Waals surface area contributed by atoms with E-state index in [0.717, 1.165) is 42.5 Å². The van der Waals surface area contributed by atoms with Crippen molar-refractivity contribution >= 4 is 18.3 Å². The fourth-order valence-electron chi connectivity index (χ4n) is 3.71. The molecule has 2 N–H and O–H groups in total. The molecule has 1 atom stereocenters. The number of likely N-dealkylation sites (tertiary alicyclic amines) is 1. The minimum Gasteiger partial charge on any atom is -0.336 e. The number of rotatable bonds is 2. The maximum Gasteiger partial charge on any atom is 0.274 e. The van der Waals surface area contributed by atoms with Crippen LogP contribution in [0.4, 0.5) is 4.39 Å². The average Bonchev–Trinajstić information content (AvgIpc) is 3.23. The van der Waals surface area contributed by atoms with Gasteiger partial charge in [0.2, 0.25) is 0 Å². The van der Waals surface area contributed by atoms with Crippen LogP contribution >= 0.6 is 12.4 Å². The number of fused-ring (bicyclic) bond motifs is 1. The minimum absolute atomic E-state index is 0. The molecule has 25 heavy (non-hydrogen) atoms. The smallest absolute Gasteiger partial charge is 0.274 e. The molecule has 0 bridgehead atoms. The molecule has 2 aliphatic rings. The lowest BCUT2D eigenvalue weighted by Gasteiger charge is -2.14. The average molecular weight is 365 g/mol. The monoisotopic (exact) mass is 364 g/mol. The van der Waals surface area contributed by atoms with Crippen molar-refractivity contribution in [2.24, 2.45) is 5.73 Å². The number of halogens is 2. The molecule has 5 nitrogen and oxygen atoms in total. The molecule has 1 fully saturated rings. The lowest BCUT2D eigenvalue weighted by atomic mass is 10.2. The van der Waals surface area contributed by atoms with Crippen molar-refractivity contribution in [1.82, 2.24) is 14.7 Å². The van der Waals surface area contributed by atoms with Crippen molar-refractivity contribution in [3.8, 4) is 5.69 Å². The van der Waals surface area contributed by atoms with Gasteiger partial charge in [-0.2, -0.15) is 5.10 Å². The number of carbonyl (C=O) groups is 1. The number of aromatic nitrogens is 2. The summed E-state index contributed by atoms with van der Waals surface area (Å²) < 4.78 is 16.0. The number of nitrogens with two attached hydrogens (primary N) is 1. The molecule has 7 heteroatoms. The van der Waals surface area contributed by atoms with Gasteiger partial charge in [0.15, 0.2) is 5.69 Å². The van der Waals surface area contributed by atoms with Crippen molar-refractivity contribution in [3.63, 3.8) is 0 Å². The van der Waals surface area contributed by atoms with Gasteiger partial charge in [-0.1, -0.05) is 6.07 Å². The van der Waals surface area contributed by atoms with E-state index >= 15 is 0 Å². The van der Waals surface area contributed by atoms with Gasteiger partial charge in [0.1, 0.15) is 11.5 Å². The number of benzene rings is 1. The SMILES string of the molecule is Cc1ccc(-n2nc(C(=O)N3CC[C@@H](N)C3)c3c2CCC3)c(F)c1.Cl. The number of hydrogen-bond donors (Lipinski definition) is 1. The molecular weight excluding hydrogens is 343 g/mol. The summed E-state index contributed by atoms with van der Waals surface area (Å²) >= 11 is 0. The normalized spacial score (nSPS) is 19.0. The molecular formula is C18H22ClFN4O. The molecule has 1 amide bonds. The van der Waals surface area contributed by atoms with Gasteiger partial charge in [-0.15, -0.1) is 12.4 Å². The summed E-state index contributed by atoms with van der Waals surface area (Å²) in [6, 6.07) is 5.14.